The summed E-state index contributed by atoms with van der Waals surface area (Å²) < 4.78 is 0. The Bertz CT molecular complexity index is 214. The molecule has 0 aliphatic heterocycles. The highest BCUT2D eigenvalue weighted by Gasteiger charge is 2.34. The maximum atomic E-state index is 11.1. The monoisotopic (exact) mass is 229 g/mol. The molecule has 16 heavy (non-hydrogen) atoms. The van der Waals surface area contributed by atoms with E-state index in [-0.39, 0.29) is 0 Å². The molecule has 1 unspecified atom stereocenters. The van der Waals surface area contributed by atoms with Gasteiger partial charge in [-0.2, -0.15) is 0 Å². The Morgan fingerprint density at radius 3 is 2.31 bits per heavy atom. The van der Waals surface area contributed by atoms with E-state index in [1.165, 1.54) is 25.7 Å². The second-order valence-corrected chi connectivity index (χ2v) is 5.17. The molecule has 96 valence electrons. The molecule has 3 heteroatoms. The molecule has 0 aliphatic carbocycles. The van der Waals surface area contributed by atoms with Gasteiger partial charge < -0.3 is 5.11 Å². The number of likely N-dealkylation sites (N-methyl/N-ethyl adjacent to an activating group) is 1. The van der Waals surface area contributed by atoms with Gasteiger partial charge in [-0.3, -0.25) is 9.69 Å². The molecule has 3 nitrogen and oxygen atoms in total. The molecule has 0 aromatic rings. The number of nitrogens with zero attached hydrogens (tertiary/aromatic N) is 1. The van der Waals surface area contributed by atoms with Crippen molar-refractivity contribution in [3.05, 3.63) is 0 Å². The van der Waals surface area contributed by atoms with Gasteiger partial charge in [-0.15, -0.1) is 0 Å². The van der Waals surface area contributed by atoms with Gasteiger partial charge in [-0.05, 0) is 34.2 Å². The number of carboxylic acids is 1. The van der Waals surface area contributed by atoms with E-state index in [4.69, 9.17) is 5.11 Å². The van der Waals surface area contributed by atoms with E-state index in [1.807, 2.05) is 11.9 Å². The zero-order valence-corrected chi connectivity index (χ0v) is 11.4. The highest BCUT2D eigenvalue weighted by Crippen LogP contribution is 2.19. The zero-order valence-electron chi connectivity index (χ0n) is 11.4. The largest absolute Gasteiger partial charge is 0.480 e. The van der Waals surface area contributed by atoms with E-state index >= 15 is 0 Å². The lowest BCUT2D eigenvalue weighted by Gasteiger charge is -2.36. The molecule has 0 amide bonds. The van der Waals surface area contributed by atoms with Crippen LogP contribution in [0.2, 0.25) is 0 Å². The van der Waals surface area contributed by atoms with E-state index < -0.39 is 11.5 Å². The third-order valence-corrected chi connectivity index (χ3v) is 3.54. The van der Waals surface area contributed by atoms with Gasteiger partial charge in [0.15, 0.2) is 0 Å². The Morgan fingerprint density at radius 1 is 1.31 bits per heavy atom. The summed E-state index contributed by atoms with van der Waals surface area (Å²) in [7, 11) is 1.90. The standard InChI is InChI=1S/C13H27NO2/c1-6-7-8-9-10-11(2)14(5)13(3,4)12(15)16/h11H,6-10H2,1-5H3,(H,15,16). The van der Waals surface area contributed by atoms with Gasteiger partial charge in [0.1, 0.15) is 5.54 Å². The van der Waals surface area contributed by atoms with Crippen molar-refractivity contribution in [3.8, 4) is 0 Å². The molecular weight excluding hydrogens is 202 g/mol. The number of aliphatic carboxylic acids is 1. The lowest BCUT2D eigenvalue weighted by Crippen LogP contribution is -2.51. The van der Waals surface area contributed by atoms with Gasteiger partial charge in [-0.25, -0.2) is 0 Å². The van der Waals surface area contributed by atoms with Gasteiger partial charge in [0, 0.05) is 6.04 Å². The molecule has 0 rings (SSSR count). The minimum Gasteiger partial charge on any atom is -0.480 e. The summed E-state index contributed by atoms with van der Waals surface area (Å²) in [6, 6.07) is 0.322. The van der Waals surface area contributed by atoms with Crippen LogP contribution in [0.3, 0.4) is 0 Å². The molecule has 0 aromatic heterocycles. The van der Waals surface area contributed by atoms with Crippen molar-refractivity contribution in [3.63, 3.8) is 0 Å². The summed E-state index contributed by atoms with van der Waals surface area (Å²) in [5, 5.41) is 9.13. The molecule has 0 spiro atoms. The molecule has 1 atom stereocenters. The predicted molar refractivity (Wildman–Crippen MR) is 67.7 cm³/mol. The number of hydrogen-bond acceptors (Lipinski definition) is 2. The Labute approximate surface area is 99.8 Å². The second-order valence-electron chi connectivity index (χ2n) is 5.17. The minimum absolute atomic E-state index is 0.322. The first-order valence-corrected chi connectivity index (χ1v) is 6.30. The predicted octanol–water partition coefficient (Wildman–Crippen LogP) is 3.14. The first kappa shape index (κ1) is 15.4. The van der Waals surface area contributed by atoms with Crippen LogP contribution in [0.4, 0.5) is 0 Å². The molecule has 0 saturated heterocycles. The van der Waals surface area contributed by atoms with Crippen LogP contribution in [-0.4, -0.2) is 34.6 Å². The molecule has 0 bridgehead atoms. The summed E-state index contributed by atoms with van der Waals surface area (Å²) >= 11 is 0. The SMILES string of the molecule is CCCCCCC(C)N(C)C(C)(C)C(=O)O. The van der Waals surface area contributed by atoms with Crippen LogP contribution >= 0.6 is 0 Å². The third kappa shape index (κ3) is 4.52. The van der Waals surface area contributed by atoms with Crippen LogP contribution in [0.1, 0.15) is 59.8 Å². The van der Waals surface area contributed by atoms with Crippen LogP contribution in [-0.2, 0) is 4.79 Å². The summed E-state index contributed by atoms with van der Waals surface area (Å²) in [6.45, 7) is 7.83. The quantitative estimate of drug-likeness (QED) is 0.650. The fourth-order valence-corrected chi connectivity index (χ4v) is 1.76. The topological polar surface area (TPSA) is 40.5 Å². The molecule has 0 radical (unpaired) electrons. The van der Waals surface area contributed by atoms with E-state index in [9.17, 15) is 4.79 Å². The smallest absolute Gasteiger partial charge is 0.323 e. The Kier molecular flexibility index (Phi) is 6.65. The van der Waals surface area contributed by atoms with E-state index in [0.29, 0.717) is 6.04 Å². The van der Waals surface area contributed by atoms with Crippen LogP contribution in [0.15, 0.2) is 0 Å². The first-order chi connectivity index (χ1) is 7.34. The third-order valence-electron chi connectivity index (χ3n) is 3.54. The van der Waals surface area contributed by atoms with Crippen molar-refractivity contribution in [2.45, 2.75) is 71.4 Å². The number of carboxylic acid groups (broad SMARTS) is 1. The van der Waals surface area contributed by atoms with E-state index in [2.05, 4.69) is 13.8 Å². The molecule has 0 fully saturated rings. The molecule has 0 saturated carbocycles. The average molecular weight is 229 g/mol. The lowest BCUT2D eigenvalue weighted by molar-refractivity contribution is -0.149. The summed E-state index contributed by atoms with van der Waals surface area (Å²) in [5.41, 5.74) is -0.774. The number of hydrogen-bond donors (Lipinski definition) is 1. The van der Waals surface area contributed by atoms with Crippen LogP contribution in [0.5, 0.6) is 0 Å². The fourth-order valence-electron chi connectivity index (χ4n) is 1.76. The molecular formula is C13H27NO2. The Balaban J connectivity index is 4.07. The maximum Gasteiger partial charge on any atom is 0.323 e. The highest BCUT2D eigenvalue weighted by molar-refractivity contribution is 5.77. The molecule has 0 aliphatic rings. The summed E-state index contributed by atoms with van der Waals surface area (Å²) in [5.74, 6) is -0.754. The van der Waals surface area contributed by atoms with Crippen molar-refractivity contribution in [2.75, 3.05) is 7.05 Å². The summed E-state index contributed by atoms with van der Waals surface area (Å²) in [6.07, 6.45) is 6.04. The molecule has 0 heterocycles. The van der Waals surface area contributed by atoms with Gasteiger partial charge in [0.05, 0.1) is 0 Å². The minimum atomic E-state index is -0.774. The van der Waals surface area contributed by atoms with Crippen LogP contribution in [0.25, 0.3) is 0 Å². The highest BCUT2D eigenvalue weighted by atomic mass is 16.4. The van der Waals surface area contributed by atoms with E-state index in [1.54, 1.807) is 13.8 Å². The average Bonchev–Trinajstić information content (AvgIpc) is 2.22. The van der Waals surface area contributed by atoms with Gasteiger partial charge in [0.25, 0.3) is 0 Å². The second kappa shape index (κ2) is 6.89. The number of carbonyl (C=O) groups is 1. The summed E-state index contributed by atoms with van der Waals surface area (Å²) in [4.78, 5) is 13.1. The van der Waals surface area contributed by atoms with Crippen molar-refractivity contribution in [2.24, 2.45) is 0 Å². The van der Waals surface area contributed by atoms with Crippen molar-refractivity contribution in [1.82, 2.24) is 4.90 Å². The zero-order chi connectivity index (χ0) is 12.8. The first-order valence-electron chi connectivity index (χ1n) is 6.30. The Hall–Kier alpha value is -0.570. The van der Waals surface area contributed by atoms with Crippen LogP contribution < -0.4 is 0 Å². The maximum absolute atomic E-state index is 11.1. The molecule has 0 aromatic carbocycles. The van der Waals surface area contributed by atoms with Gasteiger partial charge in [0.2, 0.25) is 0 Å². The van der Waals surface area contributed by atoms with Crippen LogP contribution in [0, 0.1) is 0 Å². The van der Waals surface area contributed by atoms with Crippen molar-refractivity contribution < 1.29 is 9.90 Å². The van der Waals surface area contributed by atoms with Crippen molar-refractivity contribution in [1.29, 1.82) is 0 Å². The van der Waals surface area contributed by atoms with E-state index in [0.717, 1.165) is 6.42 Å². The number of rotatable bonds is 8. The fraction of sp³-hybridized carbons (Fsp3) is 0.923. The Morgan fingerprint density at radius 2 is 1.88 bits per heavy atom. The lowest BCUT2D eigenvalue weighted by atomic mass is 9.99. The van der Waals surface area contributed by atoms with Gasteiger partial charge in [-0.1, -0.05) is 32.6 Å². The molecule has 1 N–H and O–H groups in total. The normalized spacial score (nSPS) is 14.1. The van der Waals surface area contributed by atoms with Crippen molar-refractivity contribution >= 4 is 5.97 Å². The van der Waals surface area contributed by atoms with Gasteiger partial charge >= 0.3 is 5.97 Å². The number of unbranched alkanes of at least 4 members (excludes halogenated alkanes) is 3.